The van der Waals surface area contributed by atoms with Gasteiger partial charge in [-0.15, -0.1) is 20.4 Å². The van der Waals surface area contributed by atoms with E-state index >= 15 is 0 Å². The molecule has 262 valence electrons. The maximum atomic E-state index is 10.3. The molecular formula is C36H34N12O4. The van der Waals surface area contributed by atoms with Crippen molar-refractivity contribution in [3.8, 4) is 23.0 Å². The minimum atomic E-state index is 0.0694. The summed E-state index contributed by atoms with van der Waals surface area (Å²) >= 11 is 0. The molecule has 0 saturated carbocycles. The molecule has 0 aliphatic heterocycles. The number of anilines is 2. The molecule has 0 spiro atoms. The molecule has 0 aliphatic rings. The van der Waals surface area contributed by atoms with Gasteiger partial charge in [0.15, 0.2) is 11.6 Å². The van der Waals surface area contributed by atoms with Crippen molar-refractivity contribution in [1.29, 1.82) is 0 Å². The standard InChI is InChI=1S/C36H34N12O4/c49-29-15-5-1-11-25(29)21-37-43-35-45-41-33(47(35)39-23-27-13-3-7-17-31(27)51)19-9-10-20-34-42-46-36(44-38-22-26-12-2-6-16-30(26)50)48(34)40-24-28-14-4-8-18-32(28)52/h1-8,11-18,21-24,49-52H,9-10,19-20H2,(H,43,45)(H,44,46)/b37-21+,38-22+,39-23+,40-24+. The van der Waals surface area contributed by atoms with E-state index in [4.69, 9.17) is 0 Å². The van der Waals surface area contributed by atoms with Gasteiger partial charge in [-0.2, -0.15) is 29.8 Å². The monoisotopic (exact) mass is 698 g/mol. The van der Waals surface area contributed by atoms with E-state index in [9.17, 15) is 20.4 Å². The van der Waals surface area contributed by atoms with Gasteiger partial charge in [-0.3, -0.25) is 0 Å². The van der Waals surface area contributed by atoms with Crippen molar-refractivity contribution in [1.82, 2.24) is 29.7 Å². The third-order valence-electron chi connectivity index (χ3n) is 7.57. The molecular weight excluding hydrogens is 664 g/mol. The van der Waals surface area contributed by atoms with Crippen LogP contribution in [0.4, 0.5) is 11.9 Å². The Morgan fingerprint density at radius 1 is 0.462 bits per heavy atom. The van der Waals surface area contributed by atoms with Gasteiger partial charge >= 0.3 is 0 Å². The van der Waals surface area contributed by atoms with Gasteiger partial charge in [0, 0.05) is 35.1 Å². The van der Waals surface area contributed by atoms with E-state index in [2.05, 4.69) is 51.7 Å². The SMILES string of the molecule is Oc1ccccc1/C=N/Nc1nnc(CCCCc2nnc(N/N=C/c3ccccc3O)n2/N=C/c2ccccc2O)n1/N=C/c1ccccc1O. The van der Waals surface area contributed by atoms with Crippen LogP contribution in [0.2, 0.25) is 0 Å². The lowest BCUT2D eigenvalue weighted by Gasteiger charge is -2.06. The Kier molecular flexibility index (Phi) is 11.2. The summed E-state index contributed by atoms with van der Waals surface area (Å²) in [5.74, 6) is 1.82. The average Bonchev–Trinajstić information content (AvgIpc) is 3.73. The highest BCUT2D eigenvalue weighted by Crippen LogP contribution is 2.19. The minimum absolute atomic E-state index is 0.0694. The number of phenols is 4. The Bertz CT molecular complexity index is 2080. The third kappa shape index (κ3) is 8.80. The number of aromatic hydroxyl groups is 4. The summed E-state index contributed by atoms with van der Waals surface area (Å²) < 4.78 is 3.00. The van der Waals surface area contributed by atoms with Gasteiger partial charge in [0.25, 0.3) is 11.9 Å². The van der Waals surface area contributed by atoms with Crippen molar-refractivity contribution in [2.45, 2.75) is 25.7 Å². The fraction of sp³-hybridized carbons (Fsp3) is 0.111. The van der Waals surface area contributed by atoms with Gasteiger partial charge in [0.05, 0.1) is 24.9 Å². The Morgan fingerprint density at radius 3 is 1.13 bits per heavy atom. The molecule has 6 N–H and O–H groups in total. The summed E-state index contributed by atoms with van der Waals surface area (Å²) in [6, 6.07) is 27.2. The smallest absolute Gasteiger partial charge is 0.266 e. The first kappa shape index (κ1) is 34.5. The molecule has 6 aromatic rings. The summed E-state index contributed by atoms with van der Waals surface area (Å²) in [5, 5.41) is 75.2. The van der Waals surface area contributed by atoms with Crippen LogP contribution in [-0.2, 0) is 12.8 Å². The van der Waals surface area contributed by atoms with Crippen LogP contribution >= 0.6 is 0 Å². The van der Waals surface area contributed by atoms with Crippen LogP contribution in [0.15, 0.2) is 117 Å². The number of hydrogen-bond donors (Lipinski definition) is 6. The Balaban J connectivity index is 1.17. The molecule has 52 heavy (non-hydrogen) atoms. The summed E-state index contributed by atoms with van der Waals surface area (Å²) in [4.78, 5) is 0. The zero-order chi connectivity index (χ0) is 36.1. The molecule has 16 nitrogen and oxygen atoms in total. The van der Waals surface area contributed by atoms with Gasteiger partial charge in [-0.1, -0.05) is 48.5 Å². The molecule has 4 aromatic carbocycles. The van der Waals surface area contributed by atoms with E-state index in [1.807, 2.05) is 0 Å². The van der Waals surface area contributed by atoms with Crippen LogP contribution in [0.3, 0.4) is 0 Å². The van der Waals surface area contributed by atoms with E-state index in [-0.39, 0.29) is 34.9 Å². The lowest BCUT2D eigenvalue weighted by Crippen LogP contribution is -2.05. The van der Waals surface area contributed by atoms with Gasteiger partial charge in [-0.05, 0) is 61.4 Å². The Labute approximate surface area is 297 Å². The number of aryl methyl sites for hydroxylation is 2. The maximum Gasteiger partial charge on any atom is 0.266 e. The number of unbranched alkanes of at least 4 members (excludes halogenated alkanes) is 1. The summed E-state index contributed by atoms with van der Waals surface area (Å²) in [5.41, 5.74) is 7.69. The van der Waals surface area contributed by atoms with Crippen LogP contribution in [-0.4, -0.2) is 75.0 Å². The van der Waals surface area contributed by atoms with Crippen LogP contribution < -0.4 is 10.9 Å². The summed E-state index contributed by atoms with van der Waals surface area (Å²) in [6.07, 6.45) is 8.16. The predicted molar refractivity (Wildman–Crippen MR) is 198 cm³/mol. The molecule has 0 fully saturated rings. The molecule has 6 rings (SSSR count). The van der Waals surface area contributed by atoms with Gasteiger partial charge in [0.1, 0.15) is 23.0 Å². The highest BCUT2D eigenvalue weighted by Gasteiger charge is 2.14. The zero-order valence-electron chi connectivity index (χ0n) is 27.6. The fourth-order valence-corrected chi connectivity index (χ4v) is 4.83. The molecule has 2 heterocycles. The van der Waals surface area contributed by atoms with Crippen LogP contribution in [0.1, 0.15) is 46.7 Å². The quantitative estimate of drug-likeness (QED) is 0.0484. The number of rotatable bonds is 15. The molecule has 0 unspecified atom stereocenters. The second-order valence-electron chi connectivity index (χ2n) is 11.2. The van der Waals surface area contributed by atoms with E-state index in [0.717, 1.165) is 0 Å². The molecule has 0 bridgehead atoms. The van der Waals surface area contributed by atoms with Crippen LogP contribution in [0, 0.1) is 0 Å². The predicted octanol–water partition coefficient (Wildman–Crippen LogP) is 4.91. The lowest BCUT2D eigenvalue weighted by molar-refractivity contribution is 0.474. The Morgan fingerprint density at radius 2 is 0.788 bits per heavy atom. The second kappa shape index (κ2) is 16.8. The minimum Gasteiger partial charge on any atom is -0.507 e. The van der Waals surface area contributed by atoms with E-state index < -0.39 is 0 Å². The number of hydrogen-bond acceptors (Lipinski definition) is 14. The summed E-state index contributed by atoms with van der Waals surface area (Å²) in [7, 11) is 0. The topological polar surface area (TPSA) is 216 Å². The van der Waals surface area contributed by atoms with Crippen LogP contribution in [0.5, 0.6) is 23.0 Å². The van der Waals surface area contributed by atoms with Gasteiger partial charge in [0.2, 0.25) is 0 Å². The number of nitrogens with zero attached hydrogens (tertiary/aromatic N) is 10. The first-order valence-electron chi connectivity index (χ1n) is 16.1. The lowest BCUT2D eigenvalue weighted by atomic mass is 10.2. The van der Waals surface area contributed by atoms with Crippen LogP contribution in [0.25, 0.3) is 0 Å². The van der Waals surface area contributed by atoms with E-state index in [0.29, 0.717) is 59.6 Å². The van der Waals surface area contributed by atoms with Crippen molar-refractivity contribution in [3.63, 3.8) is 0 Å². The zero-order valence-corrected chi connectivity index (χ0v) is 27.6. The molecule has 0 amide bonds. The number of phenolic OH excluding ortho intramolecular Hbond substituents is 4. The van der Waals surface area contributed by atoms with Crippen molar-refractivity contribution >= 4 is 36.8 Å². The highest BCUT2D eigenvalue weighted by molar-refractivity contribution is 5.85. The highest BCUT2D eigenvalue weighted by atomic mass is 16.3. The van der Waals surface area contributed by atoms with E-state index in [1.165, 1.54) is 34.2 Å². The maximum absolute atomic E-state index is 10.3. The van der Waals surface area contributed by atoms with Crippen molar-refractivity contribution < 1.29 is 20.4 Å². The first-order chi connectivity index (χ1) is 25.5. The number of benzene rings is 4. The van der Waals surface area contributed by atoms with E-state index in [1.54, 1.807) is 97.1 Å². The number of aromatic nitrogens is 6. The average molecular weight is 699 g/mol. The molecule has 16 heteroatoms. The van der Waals surface area contributed by atoms with Crippen molar-refractivity contribution in [3.05, 3.63) is 131 Å². The third-order valence-corrected chi connectivity index (χ3v) is 7.57. The largest absolute Gasteiger partial charge is 0.507 e. The number of nitrogens with one attached hydrogen (secondary N) is 2. The number of hydrazone groups is 2. The summed E-state index contributed by atoms with van der Waals surface area (Å²) in [6.45, 7) is 0. The molecule has 0 aliphatic carbocycles. The van der Waals surface area contributed by atoms with Gasteiger partial charge < -0.3 is 20.4 Å². The number of para-hydroxylation sites is 4. The second-order valence-corrected chi connectivity index (χ2v) is 11.2. The molecule has 2 aromatic heterocycles. The normalized spacial score (nSPS) is 11.8. The van der Waals surface area contributed by atoms with Gasteiger partial charge in [-0.25, -0.2) is 10.9 Å². The first-order valence-corrected chi connectivity index (χ1v) is 16.1. The molecule has 0 atom stereocenters. The van der Waals surface area contributed by atoms with Crippen molar-refractivity contribution in [2.75, 3.05) is 10.9 Å². The molecule has 0 radical (unpaired) electrons. The Hall–Kier alpha value is -7.36. The van der Waals surface area contributed by atoms with Crippen molar-refractivity contribution in [2.24, 2.45) is 20.4 Å². The molecule has 0 saturated heterocycles. The fourth-order valence-electron chi connectivity index (χ4n) is 4.83.